The Bertz CT molecular complexity index is 1680. The number of esters is 1. The minimum Gasteiger partial charge on any atom is -0.426 e. The lowest BCUT2D eigenvalue weighted by Crippen LogP contribution is -2.43. The van der Waals surface area contributed by atoms with E-state index in [4.69, 9.17) is 15.1 Å². The van der Waals surface area contributed by atoms with Crippen LogP contribution in [0.5, 0.6) is 5.75 Å². The molecule has 0 bridgehead atoms. The molecule has 1 aliphatic rings. The lowest BCUT2D eigenvalue weighted by molar-refractivity contribution is -0.143. The molecule has 0 amide bonds. The number of nitrogens with zero attached hydrogens (tertiary/aromatic N) is 3. The van der Waals surface area contributed by atoms with Crippen LogP contribution in [0.2, 0.25) is 0 Å². The molecular formula is C33H32FN5O2S. The Morgan fingerprint density at radius 2 is 1.86 bits per heavy atom. The predicted molar refractivity (Wildman–Crippen MR) is 165 cm³/mol. The van der Waals surface area contributed by atoms with Crippen LogP contribution in [-0.2, 0) is 4.79 Å². The number of hydrogen-bond acceptors (Lipinski definition) is 8. The van der Waals surface area contributed by atoms with E-state index < -0.39 is 17.2 Å². The van der Waals surface area contributed by atoms with Crippen LogP contribution in [0.3, 0.4) is 0 Å². The SMILES string of the molecule is Cc1nc(-c2ccc(OC(=O)C(C)(C)C)cc2F)c(C#N)c(-c2ccc(N3CCNCC3)cc2)c1C(=N)c1cccs1. The zero-order valence-corrected chi connectivity index (χ0v) is 24.9. The van der Waals surface area contributed by atoms with E-state index >= 15 is 4.39 Å². The van der Waals surface area contributed by atoms with E-state index in [1.807, 2.05) is 41.8 Å². The number of anilines is 1. The minimum atomic E-state index is -0.750. The summed E-state index contributed by atoms with van der Waals surface area (Å²) < 4.78 is 21.0. The van der Waals surface area contributed by atoms with E-state index in [0.717, 1.165) is 48.4 Å². The fraction of sp³-hybridized carbons (Fsp3) is 0.273. The molecule has 3 heterocycles. The minimum absolute atomic E-state index is 0.0752. The van der Waals surface area contributed by atoms with Crippen LogP contribution in [0.25, 0.3) is 22.4 Å². The maximum absolute atomic E-state index is 15.6. The number of ether oxygens (including phenoxy) is 1. The standard InChI is InChI=1S/C33H32FN5O2S/c1-20-28(30(36)27-6-5-17-42-27)29(21-7-9-22(10-8-21)39-15-13-37-14-16-39)25(19-35)31(38-20)24-12-11-23(18-26(24)34)41-32(40)33(2,3)4/h5-12,17-18,36-37H,13-16H2,1-4H3. The number of piperazine rings is 1. The van der Waals surface area contributed by atoms with Crippen molar-refractivity contribution < 1.29 is 13.9 Å². The first-order chi connectivity index (χ1) is 20.1. The fourth-order valence-corrected chi connectivity index (χ4v) is 5.60. The smallest absolute Gasteiger partial charge is 0.316 e. The van der Waals surface area contributed by atoms with Crippen LogP contribution in [0.15, 0.2) is 60.0 Å². The van der Waals surface area contributed by atoms with Crippen molar-refractivity contribution in [2.45, 2.75) is 27.7 Å². The predicted octanol–water partition coefficient (Wildman–Crippen LogP) is 6.57. The summed E-state index contributed by atoms with van der Waals surface area (Å²) in [5, 5.41) is 24.8. The van der Waals surface area contributed by atoms with Crippen LogP contribution < -0.4 is 15.0 Å². The lowest BCUT2D eigenvalue weighted by atomic mass is 9.88. The number of benzene rings is 2. The molecule has 0 spiro atoms. The number of aromatic nitrogens is 1. The van der Waals surface area contributed by atoms with Crippen molar-refractivity contribution in [3.05, 3.63) is 87.5 Å². The second-order valence-corrected chi connectivity index (χ2v) is 12.1. The molecule has 0 saturated carbocycles. The van der Waals surface area contributed by atoms with Gasteiger partial charge in [0, 0.05) is 60.3 Å². The number of aryl methyl sites for hydroxylation is 1. The van der Waals surface area contributed by atoms with Gasteiger partial charge in [-0.3, -0.25) is 15.2 Å². The van der Waals surface area contributed by atoms with Crippen LogP contribution in [0, 0.1) is 34.9 Å². The molecule has 0 unspecified atom stereocenters. The maximum atomic E-state index is 15.6. The van der Waals surface area contributed by atoms with Crippen molar-refractivity contribution in [3.63, 3.8) is 0 Å². The zero-order chi connectivity index (χ0) is 30.0. The van der Waals surface area contributed by atoms with Gasteiger partial charge in [-0.25, -0.2) is 4.39 Å². The monoisotopic (exact) mass is 581 g/mol. The fourth-order valence-electron chi connectivity index (χ4n) is 4.92. The van der Waals surface area contributed by atoms with Crippen molar-refractivity contribution in [3.8, 4) is 34.2 Å². The van der Waals surface area contributed by atoms with Crippen LogP contribution in [0.4, 0.5) is 10.1 Å². The Balaban J connectivity index is 1.65. The normalized spacial score (nSPS) is 13.5. The molecule has 7 nitrogen and oxygen atoms in total. The summed E-state index contributed by atoms with van der Waals surface area (Å²) in [6.45, 7) is 10.6. The van der Waals surface area contributed by atoms with Gasteiger partial charge in [0.05, 0.1) is 27.3 Å². The third kappa shape index (κ3) is 5.82. The maximum Gasteiger partial charge on any atom is 0.316 e. The number of nitrogens with one attached hydrogen (secondary N) is 2. The lowest BCUT2D eigenvalue weighted by Gasteiger charge is -2.29. The Morgan fingerprint density at radius 3 is 2.45 bits per heavy atom. The van der Waals surface area contributed by atoms with E-state index in [9.17, 15) is 10.1 Å². The van der Waals surface area contributed by atoms with Crippen molar-refractivity contribution in [1.29, 1.82) is 10.7 Å². The van der Waals surface area contributed by atoms with Gasteiger partial charge >= 0.3 is 5.97 Å². The Morgan fingerprint density at radius 1 is 1.14 bits per heavy atom. The van der Waals surface area contributed by atoms with E-state index in [2.05, 4.69) is 16.3 Å². The summed E-state index contributed by atoms with van der Waals surface area (Å²) in [5.41, 5.74) is 3.34. The molecule has 2 aromatic heterocycles. The van der Waals surface area contributed by atoms with Gasteiger partial charge in [0.2, 0.25) is 0 Å². The second-order valence-electron chi connectivity index (χ2n) is 11.2. The van der Waals surface area contributed by atoms with Gasteiger partial charge in [0.1, 0.15) is 17.6 Å². The first kappa shape index (κ1) is 29.1. The summed E-state index contributed by atoms with van der Waals surface area (Å²) in [6, 6.07) is 18.1. The molecule has 2 N–H and O–H groups in total. The highest BCUT2D eigenvalue weighted by atomic mass is 32.1. The molecule has 4 aromatic rings. The summed E-state index contributed by atoms with van der Waals surface area (Å²) in [6.07, 6.45) is 0. The van der Waals surface area contributed by atoms with Gasteiger partial charge in [-0.05, 0) is 69.0 Å². The average Bonchev–Trinajstić information content (AvgIpc) is 3.52. The quantitative estimate of drug-likeness (QED) is 0.152. The van der Waals surface area contributed by atoms with Crippen molar-refractivity contribution in [2.75, 3.05) is 31.1 Å². The Labute approximate surface area is 249 Å². The summed E-state index contributed by atoms with van der Waals surface area (Å²) >= 11 is 1.43. The number of pyridine rings is 1. The topological polar surface area (TPSA) is 102 Å². The first-order valence-corrected chi connectivity index (χ1v) is 14.6. The molecule has 214 valence electrons. The van der Waals surface area contributed by atoms with Gasteiger partial charge in [-0.1, -0.05) is 18.2 Å². The molecule has 1 aliphatic heterocycles. The molecule has 42 heavy (non-hydrogen) atoms. The second kappa shape index (κ2) is 11.8. The average molecular weight is 582 g/mol. The highest BCUT2D eigenvalue weighted by molar-refractivity contribution is 7.12. The number of carbonyl (C=O) groups is 1. The van der Waals surface area contributed by atoms with Gasteiger partial charge in [-0.15, -0.1) is 11.3 Å². The third-order valence-electron chi connectivity index (χ3n) is 7.16. The number of halogens is 1. The Hall–Kier alpha value is -4.39. The van der Waals surface area contributed by atoms with Crippen molar-refractivity contribution >= 4 is 28.7 Å². The van der Waals surface area contributed by atoms with Crippen LogP contribution in [0.1, 0.15) is 42.5 Å². The van der Waals surface area contributed by atoms with E-state index in [1.54, 1.807) is 27.7 Å². The van der Waals surface area contributed by atoms with Crippen LogP contribution >= 0.6 is 11.3 Å². The van der Waals surface area contributed by atoms with E-state index in [1.165, 1.54) is 23.5 Å². The first-order valence-electron chi connectivity index (χ1n) is 13.7. The molecule has 0 atom stereocenters. The summed E-state index contributed by atoms with van der Waals surface area (Å²) in [5.74, 6) is -1.07. The molecule has 1 fully saturated rings. The number of nitriles is 1. The molecule has 0 aliphatic carbocycles. The third-order valence-corrected chi connectivity index (χ3v) is 8.05. The highest BCUT2D eigenvalue weighted by Crippen LogP contribution is 2.39. The number of thiophene rings is 1. The van der Waals surface area contributed by atoms with Gasteiger partial charge < -0.3 is 15.0 Å². The van der Waals surface area contributed by atoms with Crippen LogP contribution in [-0.4, -0.2) is 42.8 Å². The molecule has 9 heteroatoms. The van der Waals surface area contributed by atoms with Crippen molar-refractivity contribution in [2.24, 2.45) is 5.41 Å². The van der Waals surface area contributed by atoms with Gasteiger partial charge in [-0.2, -0.15) is 5.26 Å². The molecule has 0 radical (unpaired) electrons. The van der Waals surface area contributed by atoms with Gasteiger partial charge in [0.15, 0.2) is 0 Å². The number of hydrogen-bond donors (Lipinski definition) is 2. The van der Waals surface area contributed by atoms with Gasteiger partial charge in [0.25, 0.3) is 0 Å². The largest absolute Gasteiger partial charge is 0.426 e. The number of carbonyl (C=O) groups excluding carboxylic acids is 1. The highest BCUT2D eigenvalue weighted by Gasteiger charge is 2.27. The van der Waals surface area contributed by atoms with E-state index in [-0.39, 0.29) is 28.3 Å². The summed E-state index contributed by atoms with van der Waals surface area (Å²) in [4.78, 5) is 20.1. The molecule has 2 aromatic carbocycles. The molecule has 5 rings (SSSR count). The Kier molecular flexibility index (Phi) is 8.21. The molecular weight excluding hydrogens is 549 g/mol. The molecule has 1 saturated heterocycles. The van der Waals surface area contributed by atoms with Crippen molar-refractivity contribution in [1.82, 2.24) is 10.3 Å². The summed E-state index contributed by atoms with van der Waals surface area (Å²) in [7, 11) is 0. The van der Waals surface area contributed by atoms with E-state index in [0.29, 0.717) is 16.8 Å². The number of rotatable bonds is 6. The zero-order valence-electron chi connectivity index (χ0n) is 24.0.